The lowest BCUT2D eigenvalue weighted by molar-refractivity contribution is -0.384. The quantitative estimate of drug-likeness (QED) is 0.567. The molecule has 0 radical (unpaired) electrons. The van der Waals surface area contributed by atoms with Gasteiger partial charge in [0.1, 0.15) is 0 Å². The molecule has 2 heterocycles. The summed E-state index contributed by atoms with van der Waals surface area (Å²) in [5, 5.41) is 14.3. The highest BCUT2D eigenvalue weighted by molar-refractivity contribution is 6.00. The van der Waals surface area contributed by atoms with Crippen molar-refractivity contribution in [2.75, 3.05) is 31.1 Å². The molecule has 2 fully saturated rings. The highest BCUT2D eigenvalue weighted by atomic mass is 16.6. The van der Waals surface area contributed by atoms with Crippen LogP contribution in [0.3, 0.4) is 0 Å². The van der Waals surface area contributed by atoms with Crippen LogP contribution in [-0.4, -0.2) is 53.9 Å². The number of nitrogens with zero attached hydrogens (tertiary/aromatic N) is 3. The molecule has 8 heteroatoms. The van der Waals surface area contributed by atoms with Gasteiger partial charge in [0.2, 0.25) is 5.91 Å². The van der Waals surface area contributed by atoms with Gasteiger partial charge < -0.3 is 15.1 Å². The molecule has 164 valence electrons. The molecule has 0 spiro atoms. The van der Waals surface area contributed by atoms with Crippen molar-refractivity contribution in [2.24, 2.45) is 5.92 Å². The second-order valence-electron chi connectivity index (χ2n) is 8.73. The van der Waals surface area contributed by atoms with E-state index in [9.17, 15) is 19.7 Å². The van der Waals surface area contributed by atoms with Crippen molar-refractivity contribution in [1.29, 1.82) is 0 Å². The van der Waals surface area contributed by atoms with E-state index in [1.807, 2.05) is 18.7 Å². The fraction of sp³-hybridized carbons (Fsp3) is 0.636. The summed E-state index contributed by atoms with van der Waals surface area (Å²) in [7, 11) is 0. The van der Waals surface area contributed by atoms with Gasteiger partial charge in [-0.05, 0) is 44.1 Å². The van der Waals surface area contributed by atoms with E-state index in [-0.39, 0.29) is 23.5 Å². The van der Waals surface area contributed by atoms with Gasteiger partial charge in [-0.3, -0.25) is 19.7 Å². The lowest BCUT2D eigenvalue weighted by Gasteiger charge is -2.33. The summed E-state index contributed by atoms with van der Waals surface area (Å²) in [6.07, 6.45) is 5.22. The summed E-state index contributed by atoms with van der Waals surface area (Å²) < 4.78 is 0. The Morgan fingerprint density at radius 2 is 1.80 bits per heavy atom. The van der Waals surface area contributed by atoms with Crippen LogP contribution in [-0.2, 0) is 4.79 Å². The number of amides is 2. The molecular weight excluding hydrogens is 384 g/mol. The standard InChI is InChI=1S/C22H32N4O4/c1-16(2)14-21(27)25-12-8-17(9-13-25)23-22(28)19-15-18(26(29)30)6-7-20(19)24-10-4-3-5-11-24/h6-7,15-17H,3-5,8-14H2,1-2H3,(H,23,28). The van der Waals surface area contributed by atoms with Crippen LogP contribution in [0.5, 0.6) is 0 Å². The van der Waals surface area contributed by atoms with E-state index in [1.54, 1.807) is 6.07 Å². The van der Waals surface area contributed by atoms with Crippen LogP contribution < -0.4 is 10.2 Å². The van der Waals surface area contributed by atoms with Gasteiger partial charge >= 0.3 is 0 Å². The molecule has 2 amide bonds. The Kier molecular flexibility index (Phi) is 7.29. The largest absolute Gasteiger partial charge is 0.371 e. The van der Waals surface area contributed by atoms with Gasteiger partial charge in [-0.1, -0.05) is 13.8 Å². The molecule has 2 aliphatic heterocycles. The molecule has 2 aliphatic rings. The van der Waals surface area contributed by atoms with E-state index >= 15 is 0 Å². The molecule has 0 atom stereocenters. The van der Waals surface area contributed by atoms with Crippen molar-refractivity contribution in [3.05, 3.63) is 33.9 Å². The number of carbonyl (C=O) groups excluding carboxylic acids is 2. The van der Waals surface area contributed by atoms with Gasteiger partial charge in [0.05, 0.1) is 16.2 Å². The lowest BCUT2D eigenvalue weighted by Crippen LogP contribution is -2.47. The molecule has 0 bridgehead atoms. The molecule has 1 N–H and O–H groups in total. The third-order valence-electron chi connectivity index (χ3n) is 5.90. The average molecular weight is 417 g/mol. The zero-order valence-electron chi connectivity index (χ0n) is 17.9. The Balaban J connectivity index is 1.68. The Labute approximate surface area is 177 Å². The first-order valence-electron chi connectivity index (χ1n) is 11.0. The van der Waals surface area contributed by atoms with Crippen LogP contribution in [0.2, 0.25) is 0 Å². The number of benzene rings is 1. The predicted molar refractivity (Wildman–Crippen MR) is 116 cm³/mol. The minimum atomic E-state index is -0.463. The minimum Gasteiger partial charge on any atom is -0.371 e. The zero-order valence-corrected chi connectivity index (χ0v) is 17.9. The molecule has 8 nitrogen and oxygen atoms in total. The number of non-ortho nitro benzene ring substituents is 1. The minimum absolute atomic E-state index is 0.0333. The van der Waals surface area contributed by atoms with E-state index in [0.29, 0.717) is 43.8 Å². The van der Waals surface area contributed by atoms with E-state index in [1.165, 1.54) is 18.6 Å². The molecule has 0 saturated carbocycles. The number of piperidine rings is 2. The van der Waals surface area contributed by atoms with Crippen LogP contribution in [0.4, 0.5) is 11.4 Å². The topological polar surface area (TPSA) is 95.8 Å². The smallest absolute Gasteiger partial charge is 0.270 e. The second-order valence-corrected chi connectivity index (χ2v) is 8.73. The Morgan fingerprint density at radius 3 is 2.40 bits per heavy atom. The number of nitrogens with one attached hydrogen (secondary N) is 1. The van der Waals surface area contributed by atoms with Gasteiger partial charge in [0.25, 0.3) is 11.6 Å². The summed E-state index contributed by atoms with van der Waals surface area (Å²) in [6, 6.07) is 4.53. The monoisotopic (exact) mass is 416 g/mol. The first-order chi connectivity index (χ1) is 14.3. The highest BCUT2D eigenvalue weighted by Crippen LogP contribution is 2.28. The number of anilines is 1. The number of nitro benzene ring substituents is 1. The van der Waals surface area contributed by atoms with Crippen molar-refractivity contribution in [3.63, 3.8) is 0 Å². The molecule has 1 aromatic carbocycles. The molecular formula is C22H32N4O4. The molecule has 2 saturated heterocycles. The van der Waals surface area contributed by atoms with Crippen molar-refractivity contribution in [3.8, 4) is 0 Å². The van der Waals surface area contributed by atoms with Gasteiger partial charge in [0, 0.05) is 50.8 Å². The summed E-state index contributed by atoms with van der Waals surface area (Å²) in [6.45, 7) is 7.03. The highest BCUT2D eigenvalue weighted by Gasteiger charge is 2.27. The van der Waals surface area contributed by atoms with Crippen LogP contribution in [0, 0.1) is 16.0 Å². The van der Waals surface area contributed by atoms with E-state index < -0.39 is 4.92 Å². The number of rotatable bonds is 6. The van der Waals surface area contributed by atoms with Gasteiger partial charge in [-0.25, -0.2) is 0 Å². The first-order valence-corrected chi connectivity index (χ1v) is 11.0. The third-order valence-corrected chi connectivity index (χ3v) is 5.90. The maximum Gasteiger partial charge on any atom is 0.270 e. The SMILES string of the molecule is CC(C)CC(=O)N1CCC(NC(=O)c2cc([N+](=O)[O-])ccc2N2CCCCC2)CC1. The van der Waals surface area contributed by atoms with Crippen LogP contribution in [0.1, 0.15) is 62.7 Å². The first kappa shape index (κ1) is 22.1. The Morgan fingerprint density at radius 1 is 1.13 bits per heavy atom. The van der Waals surface area contributed by atoms with E-state index in [0.717, 1.165) is 31.6 Å². The predicted octanol–water partition coefficient (Wildman–Crippen LogP) is 3.35. The maximum atomic E-state index is 13.1. The normalized spacial score (nSPS) is 17.8. The fourth-order valence-electron chi connectivity index (χ4n) is 4.24. The summed E-state index contributed by atoms with van der Waals surface area (Å²) >= 11 is 0. The second kappa shape index (κ2) is 9.91. The number of nitro groups is 1. The zero-order chi connectivity index (χ0) is 21.7. The average Bonchev–Trinajstić information content (AvgIpc) is 2.74. The van der Waals surface area contributed by atoms with Gasteiger partial charge in [-0.15, -0.1) is 0 Å². The van der Waals surface area contributed by atoms with Crippen molar-refractivity contribution in [2.45, 2.75) is 58.4 Å². The third kappa shape index (κ3) is 5.49. The molecule has 3 rings (SSSR count). The van der Waals surface area contributed by atoms with Crippen molar-refractivity contribution in [1.82, 2.24) is 10.2 Å². The number of likely N-dealkylation sites (tertiary alicyclic amines) is 1. The number of hydrogen-bond donors (Lipinski definition) is 1. The van der Waals surface area contributed by atoms with Crippen LogP contribution in [0.15, 0.2) is 18.2 Å². The lowest BCUT2D eigenvalue weighted by atomic mass is 10.0. The number of carbonyl (C=O) groups is 2. The van der Waals surface area contributed by atoms with Crippen LogP contribution in [0.25, 0.3) is 0 Å². The van der Waals surface area contributed by atoms with Crippen molar-refractivity contribution < 1.29 is 14.5 Å². The molecule has 30 heavy (non-hydrogen) atoms. The summed E-state index contributed by atoms with van der Waals surface area (Å²) in [4.78, 5) is 40.1. The van der Waals surface area contributed by atoms with Crippen LogP contribution >= 0.6 is 0 Å². The Hall–Kier alpha value is -2.64. The summed E-state index contributed by atoms with van der Waals surface area (Å²) in [5.74, 6) is 0.226. The maximum absolute atomic E-state index is 13.1. The number of hydrogen-bond acceptors (Lipinski definition) is 5. The fourth-order valence-corrected chi connectivity index (χ4v) is 4.24. The molecule has 0 aliphatic carbocycles. The Bertz CT molecular complexity index is 781. The van der Waals surface area contributed by atoms with Gasteiger partial charge in [0.15, 0.2) is 0 Å². The van der Waals surface area contributed by atoms with Crippen molar-refractivity contribution >= 4 is 23.2 Å². The van der Waals surface area contributed by atoms with E-state index in [2.05, 4.69) is 10.2 Å². The molecule has 1 aromatic rings. The molecule has 0 unspecified atom stereocenters. The van der Waals surface area contributed by atoms with Gasteiger partial charge in [-0.2, -0.15) is 0 Å². The van der Waals surface area contributed by atoms with E-state index in [4.69, 9.17) is 0 Å². The molecule has 0 aromatic heterocycles. The summed E-state index contributed by atoms with van der Waals surface area (Å²) in [5.41, 5.74) is 1.06.